The summed E-state index contributed by atoms with van der Waals surface area (Å²) in [4.78, 5) is 30.2. The highest BCUT2D eigenvalue weighted by molar-refractivity contribution is 6.00. The summed E-state index contributed by atoms with van der Waals surface area (Å²) in [7, 11) is 0. The highest BCUT2D eigenvalue weighted by atomic mass is 16.2. The molecule has 168 valence electrons. The van der Waals surface area contributed by atoms with Gasteiger partial charge in [0.25, 0.3) is 0 Å². The lowest BCUT2D eigenvalue weighted by Crippen LogP contribution is -2.18. The third-order valence-electron chi connectivity index (χ3n) is 5.34. The average molecular weight is 443 g/mol. The lowest BCUT2D eigenvalue weighted by molar-refractivity contribution is -0.121. The maximum atomic E-state index is 11.9. The van der Waals surface area contributed by atoms with E-state index >= 15 is 0 Å². The Morgan fingerprint density at radius 1 is 0.697 bits per heavy atom. The Labute approximate surface area is 191 Å². The molecule has 0 aliphatic heterocycles. The zero-order valence-electron chi connectivity index (χ0n) is 18.2. The molecule has 0 aliphatic carbocycles. The second-order valence-electron chi connectivity index (χ2n) is 7.73. The van der Waals surface area contributed by atoms with Crippen molar-refractivity contribution in [1.82, 2.24) is 20.8 Å². The standard InChI is InChI=1S/C25H26N6O2/c32-24(30-28-16-18-14-26-22-10-6-4-8-20(18)22)12-2-1-3-13-25(33)31-29-17-19-15-27-23-11-7-5-9-21(19)23/h4-11,14-17,26-27H,1-3,12-13H2,(H,30,32)(H,31,33)/b28-16-,29-17-. The Kier molecular flexibility index (Phi) is 7.27. The Bertz CT molecular complexity index is 1200. The molecule has 4 rings (SSSR count). The number of aromatic amines is 2. The second-order valence-corrected chi connectivity index (χ2v) is 7.73. The summed E-state index contributed by atoms with van der Waals surface area (Å²) >= 11 is 0. The van der Waals surface area contributed by atoms with Crippen LogP contribution in [-0.4, -0.2) is 34.2 Å². The third kappa shape index (κ3) is 5.94. The number of carbonyl (C=O) groups excluding carboxylic acids is 2. The lowest BCUT2D eigenvalue weighted by Gasteiger charge is -2.01. The molecule has 0 saturated heterocycles. The Hall–Kier alpha value is -4.20. The van der Waals surface area contributed by atoms with Crippen LogP contribution in [0, 0.1) is 0 Å². The minimum Gasteiger partial charge on any atom is -0.361 e. The van der Waals surface area contributed by atoms with Gasteiger partial charge in [0.05, 0.1) is 12.4 Å². The molecule has 4 N–H and O–H groups in total. The number of hydrogen-bond acceptors (Lipinski definition) is 4. The number of unbranched alkanes of at least 4 members (excludes halogenated alkanes) is 2. The topological polar surface area (TPSA) is 114 Å². The van der Waals surface area contributed by atoms with Gasteiger partial charge in [-0.1, -0.05) is 42.8 Å². The number of aromatic nitrogens is 2. The van der Waals surface area contributed by atoms with Gasteiger partial charge in [-0.3, -0.25) is 9.59 Å². The van der Waals surface area contributed by atoms with Crippen molar-refractivity contribution in [3.8, 4) is 0 Å². The largest absolute Gasteiger partial charge is 0.361 e. The molecule has 0 fully saturated rings. The molecule has 0 spiro atoms. The normalized spacial score (nSPS) is 11.6. The molecule has 8 nitrogen and oxygen atoms in total. The smallest absolute Gasteiger partial charge is 0.240 e. The monoisotopic (exact) mass is 442 g/mol. The van der Waals surface area contributed by atoms with Crippen LogP contribution in [0.25, 0.3) is 21.8 Å². The van der Waals surface area contributed by atoms with Gasteiger partial charge in [0, 0.05) is 58.2 Å². The molecule has 0 unspecified atom stereocenters. The Morgan fingerprint density at radius 2 is 1.15 bits per heavy atom. The predicted octanol–water partition coefficient (Wildman–Crippen LogP) is 4.20. The molecule has 8 heteroatoms. The van der Waals surface area contributed by atoms with E-state index in [2.05, 4.69) is 31.0 Å². The van der Waals surface area contributed by atoms with Gasteiger partial charge in [-0.25, -0.2) is 10.9 Å². The van der Waals surface area contributed by atoms with E-state index in [1.54, 1.807) is 12.4 Å². The van der Waals surface area contributed by atoms with E-state index in [1.165, 1.54) is 0 Å². The van der Waals surface area contributed by atoms with E-state index in [4.69, 9.17) is 0 Å². The number of nitrogens with one attached hydrogen (secondary N) is 4. The average Bonchev–Trinajstić information content (AvgIpc) is 3.43. The van der Waals surface area contributed by atoms with Gasteiger partial charge in [0.1, 0.15) is 0 Å². The number of hydrogen-bond donors (Lipinski definition) is 4. The van der Waals surface area contributed by atoms with Crippen molar-refractivity contribution in [3.05, 3.63) is 72.1 Å². The Morgan fingerprint density at radius 3 is 1.64 bits per heavy atom. The quantitative estimate of drug-likeness (QED) is 0.167. The van der Waals surface area contributed by atoms with E-state index in [-0.39, 0.29) is 11.8 Å². The van der Waals surface area contributed by atoms with E-state index in [9.17, 15) is 9.59 Å². The summed E-state index contributed by atoms with van der Waals surface area (Å²) in [6.07, 6.45) is 9.89. The summed E-state index contributed by atoms with van der Waals surface area (Å²) in [5.74, 6) is -0.280. The van der Waals surface area contributed by atoms with E-state index in [0.29, 0.717) is 25.7 Å². The summed E-state index contributed by atoms with van der Waals surface area (Å²) in [6, 6.07) is 15.8. The van der Waals surface area contributed by atoms with Crippen LogP contribution in [0.5, 0.6) is 0 Å². The van der Waals surface area contributed by atoms with E-state index in [0.717, 1.165) is 39.4 Å². The first-order valence-corrected chi connectivity index (χ1v) is 11.0. The summed E-state index contributed by atoms with van der Waals surface area (Å²) in [6.45, 7) is 0. The first-order valence-electron chi connectivity index (χ1n) is 11.0. The van der Waals surface area contributed by atoms with Gasteiger partial charge in [-0.15, -0.1) is 0 Å². The zero-order chi connectivity index (χ0) is 22.9. The summed E-state index contributed by atoms with van der Waals surface area (Å²) in [5.41, 5.74) is 9.00. The molecule has 0 atom stereocenters. The van der Waals surface area contributed by atoms with Gasteiger partial charge in [0.2, 0.25) is 11.8 Å². The third-order valence-corrected chi connectivity index (χ3v) is 5.34. The van der Waals surface area contributed by atoms with Gasteiger partial charge in [0.15, 0.2) is 0 Å². The highest BCUT2D eigenvalue weighted by Crippen LogP contribution is 2.16. The van der Waals surface area contributed by atoms with Crippen LogP contribution in [0.4, 0.5) is 0 Å². The molecule has 2 heterocycles. The summed E-state index contributed by atoms with van der Waals surface area (Å²) in [5, 5.41) is 10.2. The number of hydrazone groups is 2. The van der Waals surface area contributed by atoms with Gasteiger partial charge in [-0.05, 0) is 25.0 Å². The SMILES string of the molecule is O=C(CCCCCC(=O)N/N=C\c1c[nH]c2ccccc12)N/N=C\c1c[nH]c2ccccc12. The van der Waals surface area contributed by atoms with Gasteiger partial charge in [-0.2, -0.15) is 10.2 Å². The van der Waals surface area contributed by atoms with Crippen LogP contribution in [0.15, 0.2) is 71.1 Å². The molecule has 0 bridgehead atoms. The van der Waals surface area contributed by atoms with E-state index < -0.39 is 0 Å². The minimum atomic E-state index is -0.140. The van der Waals surface area contributed by atoms with Crippen molar-refractivity contribution in [1.29, 1.82) is 0 Å². The fourth-order valence-electron chi connectivity index (χ4n) is 3.61. The van der Waals surface area contributed by atoms with Crippen molar-refractivity contribution < 1.29 is 9.59 Å². The molecule has 2 aromatic heterocycles. The maximum Gasteiger partial charge on any atom is 0.240 e. The number of nitrogens with zero attached hydrogens (tertiary/aromatic N) is 2. The number of fused-ring (bicyclic) bond motifs is 2. The van der Waals surface area contributed by atoms with Crippen LogP contribution in [0.3, 0.4) is 0 Å². The number of carbonyl (C=O) groups is 2. The highest BCUT2D eigenvalue weighted by Gasteiger charge is 2.04. The van der Waals surface area contributed by atoms with Crippen molar-refractivity contribution in [2.75, 3.05) is 0 Å². The van der Waals surface area contributed by atoms with Crippen molar-refractivity contribution in [2.45, 2.75) is 32.1 Å². The predicted molar refractivity (Wildman–Crippen MR) is 131 cm³/mol. The van der Waals surface area contributed by atoms with Crippen molar-refractivity contribution in [2.24, 2.45) is 10.2 Å². The molecule has 0 saturated carbocycles. The minimum absolute atomic E-state index is 0.140. The summed E-state index contributed by atoms with van der Waals surface area (Å²) < 4.78 is 0. The fraction of sp³-hybridized carbons (Fsp3) is 0.200. The molecular formula is C25H26N6O2. The molecule has 0 radical (unpaired) electrons. The van der Waals surface area contributed by atoms with Crippen molar-refractivity contribution >= 4 is 46.0 Å². The van der Waals surface area contributed by atoms with Crippen LogP contribution < -0.4 is 10.9 Å². The first-order chi connectivity index (χ1) is 16.2. The number of para-hydroxylation sites is 2. The zero-order valence-corrected chi connectivity index (χ0v) is 18.2. The number of H-pyrrole nitrogens is 2. The maximum absolute atomic E-state index is 11.9. The van der Waals surface area contributed by atoms with E-state index in [1.807, 2.05) is 60.9 Å². The van der Waals surface area contributed by atoms with Gasteiger partial charge >= 0.3 is 0 Å². The number of rotatable bonds is 10. The molecule has 33 heavy (non-hydrogen) atoms. The molecule has 0 aliphatic rings. The molecule has 4 aromatic rings. The van der Waals surface area contributed by atoms with Crippen LogP contribution in [-0.2, 0) is 9.59 Å². The number of amides is 2. The fourth-order valence-corrected chi connectivity index (χ4v) is 3.61. The second kappa shape index (κ2) is 10.9. The van der Waals surface area contributed by atoms with Crippen LogP contribution in [0.2, 0.25) is 0 Å². The first kappa shape index (κ1) is 22.0. The number of benzene rings is 2. The molecule has 2 aromatic carbocycles. The van der Waals surface area contributed by atoms with Crippen LogP contribution in [0.1, 0.15) is 43.2 Å². The Balaban J connectivity index is 1.10. The lowest BCUT2D eigenvalue weighted by atomic mass is 10.1. The van der Waals surface area contributed by atoms with Gasteiger partial charge < -0.3 is 9.97 Å². The molecule has 2 amide bonds. The van der Waals surface area contributed by atoms with Crippen LogP contribution >= 0.6 is 0 Å². The molecular weight excluding hydrogens is 416 g/mol. The van der Waals surface area contributed by atoms with Crippen molar-refractivity contribution in [3.63, 3.8) is 0 Å².